The summed E-state index contributed by atoms with van der Waals surface area (Å²) in [5, 5.41) is 5.48. The fourth-order valence-electron chi connectivity index (χ4n) is 1.76. The quantitative estimate of drug-likeness (QED) is 0.582. The Bertz CT molecular complexity index is 506. The van der Waals surface area contributed by atoms with Crippen molar-refractivity contribution in [1.82, 2.24) is 10.3 Å². The summed E-state index contributed by atoms with van der Waals surface area (Å²) < 4.78 is 4.96. The molecule has 1 atom stereocenters. The van der Waals surface area contributed by atoms with Gasteiger partial charge in [-0.2, -0.15) is 0 Å². The molecule has 0 bridgehead atoms. The first kappa shape index (κ1) is 18.5. The Morgan fingerprint density at radius 3 is 2.45 bits per heavy atom. The zero-order valence-electron chi connectivity index (χ0n) is 12.5. The van der Waals surface area contributed by atoms with Crippen LogP contribution in [0.2, 0.25) is 10.3 Å². The van der Waals surface area contributed by atoms with E-state index in [4.69, 9.17) is 27.9 Å². The minimum atomic E-state index is -0.687. The molecule has 2 N–H and O–H groups in total. The molecule has 0 saturated heterocycles. The highest BCUT2D eigenvalue weighted by Crippen LogP contribution is 2.18. The van der Waals surface area contributed by atoms with Crippen molar-refractivity contribution in [2.75, 3.05) is 11.9 Å². The van der Waals surface area contributed by atoms with Crippen molar-refractivity contribution in [1.29, 1.82) is 0 Å². The van der Waals surface area contributed by atoms with E-state index in [1.807, 2.05) is 6.92 Å². The Hall–Kier alpha value is -1.53. The van der Waals surface area contributed by atoms with E-state index >= 15 is 0 Å². The molecule has 0 aliphatic heterocycles. The number of nitrogens with one attached hydrogen (secondary N) is 2. The molecule has 1 aromatic rings. The van der Waals surface area contributed by atoms with Crippen LogP contribution in [-0.2, 0) is 9.53 Å². The Kier molecular flexibility index (Phi) is 7.98. The summed E-state index contributed by atoms with van der Waals surface area (Å²) in [5.74, 6) is -0.447. The predicted octanol–water partition coefficient (Wildman–Crippen LogP) is 3.63. The maximum Gasteiger partial charge on any atom is 0.328 e. The smallest absolute Gasteiger partial charge is 0.328 e. The van der Waals surface area contributed by atoms with Crippen LogP contribution in [0.5, 0.6) is 0 Å². The fourth-order valence-corrected chi connectivity index (χ4v) is 2.22. The molecule has 0 fully saturated rings. The van der Waals surface area contributed by atoms with Crippen molar-refractivity contribution in [3.8, 4) is 0 Å². The number of carbonyl (C=O) groups excluding carboxylic acids is 2. The third-order valence-electron chi connectivity index (χ3n) is 2.74. The van der Waals surface area contributed by atoms with E-state index in [2.05, 4.69) is 15.6 Å². The van der Waals surface area contributed by atoms with Crippen molar-refractivity contribution in [3.63, 3.8) is 0 Å². The maximum atomic E-state index is 12.0. The van der Waals surface area contributed by atoms with E-state index < -0.39 is 18.0 Å². The van der Waals surface area contributed by atoms with Crippen LogP contribution >= 0.6 is 23.2 Å². The van der Waals surface area contributed by atoms with E-state index in [0.717, 1.165) is 12.8 Å². The first-order chi connectivity index (χ1) is 10.5. The van der Waals surface area contributed by atoms with Gasteiger partial charge < -0.3 is 15.4 Å². The summed E-state index contributed by atoms with van der Waals surface area (Å²) in [5.41, 5.74) is 0.389. The molecule has 2 amide bonds. The molecule has 0 aliphatic rings. The van der Waals surface area contributed by atoms with Crippen LogP contribution < -0.4 is 10.6 Å². The van der Waals surface area contributed by atoms with E-state index in [1.54, 1.807) is 6.92 Å². The number of rotatable bonds is 7. The molecule has 22 heavy (non-hydrogen) atoms. The Morgan fingerprint density at radius 2 is 1.91 bits per heavy atom. The number of carbonyl (C=O) groups is 2. The minimum absolute atomic E-state index is 0.163. The SMILES string of the molecule is CCCCC(NC(=O)Nc1cc(Cl)nc(Cl)c1)C(=O)OCC. The van der Waals surface area contributed by atoms with Crippen LogP contribution in [0, 0.1) is 0 Å². The Morgan fingerprint density at radius 1 is 1.27 bits per heavy atom. The number of aromatic nitrogens is 1. The standard InChI is InChI=1S/C14H19Cl2N3O3/c1-3-5-6-10(13(20)22-4-2)18-14(21)17-9-7-11(15)19-12(16)8-9/h7-8,10H,3-6H2,1-2H3,(H2,17,18,19,21). The number of hydrogen-bond donors (Lipinski definition) is 2. The Labute approximate surface area is 139 Å². The second kappa shape index (κ2) is 9.48. The summed E-state index contributed by atoms with van der Waals surface area (Å²) in [7, 11) is 0. The van der Waals surface area contributed by atoms with Crippen LogP contribution in [0.4, 0.5) is 10.5 Å². The third-order valence-corrected chi connectivity index (χ3v) is 3.13. The summed E-state index contributed by atoms with van der Waals surface area (Å²) in [6, 6.07) is 1.69. The molecule has 0 aromatic carbocycles. The van der Waals surface area contributed by atoms with E-state index in [1.165, 1.54) is 12.1 Å². The van der Waals surface area contributed by atoms with Gasteiger partial charge in [-0.3, -0.25) is 0 Å². The molecular formula is C14H19Cl2N3O3. The third kappa shape index (κ3) is 6.49. The molecule has 0 saturated carbocycles. The van der Waals surface area contributed by atoms with Gasteiger partial charge in [-0.05, 0) is 25.5 Å². The molecule has 1 rings (SSSR count). The number of unbranched alkanes of at least 4 members (excludes halogenated alkanes) is 1. The van der Waals surface area contributed by atoms with Crippen LogP contribution in [-0.4, -0.2) is 29.6 Å². The van der Waals surface area contributed by atoms with E-state index in [-0.39, 0.29) is 16.9 Å². The molecule has 8 heteroatoms. The number of amides is 2. The zero-order chi connectivity index (χ0) is 16.5. The lowest BCUT2D eigenvalue weighted by Gasteiger charge is -2.17. The normalized spacial score (nSPS) is 11.6. The number of urea groups is 1. The number of hydrogen-bond acceptors (Lipinski definition) is 4. The molecule has 122 valence electrons. The minimum Gasteiger partial charge on any atom is -0.464 e. The molecule has 0 spiro atoms. The van der Waals surface area contributed by atoms with Crippen molar-refractivity contribution < 1.29 is 14.3 Å². The van der Waals surface area contributed by atoms with Gasteiger partial charge >= 0.3 is 12.0 Å². The number of pyridine rings is 1. The van der Waals surface area contributed by atoms with Crippen LogP contribution in [0.25, 0.3) is 0 Å². The highest BCUT2D eigenvalue weighted by molar-refractivity contribution is 6.32. The van der Waals surface area contributed by atoms with Gasteiger partial charge in [0.2, 0.25) is 0 Å². The topological polar surface area (TPSA) is 80.3 Å². The molecule has 1 aromatic heterocycles. The molecule has 1 heterocycles. The maximum absolute atomic E-state index is 12.0. The van der Waals surface area contributed by atoms with Crippen LogP contribution in [0.1, 0.15) is 33.1 Å². The van der Waals surface area contributed by atoms with Gasteiger partial charge in [-0.1, -0.05) is 43.0 Å². The molecular weight excluding hydrogens is 329 g/mol. The zero-order valence-corrected chi connectivity index (χ0v) is 14.0. The average Bonchev–Trinajstić information content (AvgIpc) is 2.42. The van der Waals surface area contributed by atoms with Crippen LogP contribution in [0.15, 0.2) is 12.1 Å². The Balaban J connectivity index is 2.67. The van der Waals surface area contributed by atoms with Crippen molar-refractivity contribution >= 4 is 40.9 Å². The van der Waals surface area contributed by atoms with Crippen molar-refractivity contribution in [3.05, 3.63) is 22.4 Å². The lowest BCUT2D eigenvalue weighted by atomic mass is 10.1. The molecule has 1 unspecified atom stereocenters. The monoisotopic (exact) mass is 347 g/mol. The van der Waals surface area contributed by atoms with E-state index in [9.17, 15) is 9.59 Å². The lowest BCUT2D eigenvalue weighted by molar-refractivity contribution is -0.145. The summed E-state index contributed by atoms with van der Waals surface area (Å²) >= 11 is 11.5. The average molecular weight is 348 g/mol. The summed E-state index contributed by atoms with van der Waals surface area (Å²) in [6.45, 7) is 3.99. The van der Waals surface area contributed by atoms with Gasteiger partial charge in [0.25, 0.3) is 0 Å². The summed E-state index contributed by atoms with van der Waals surface area (Å²) in [6.07, 6.45) is 2.23. The molecule has 6 nitrogen and oxygen atoms in total. The van der Waals surface area contributed by atoms with Gasteiger partial charge in [-0.15, -0.1) is 0 Å². The first-order valence-electron chi connectivity index (χ1n) is 7.03. The second-order valence-corrected chi connectivity index (χ2v) is 5.32. The van der Waals surface area contributed by atoms with Crippen molar-refractivity contribution in [2.45, 2.75) is 39.2 Å². The highest BCUT2D eigenvalue weighted by atomic mass is 35.5. The van der Waals surface area contributed by atoms with Gasteiger partial charge in [-0.25, -0.2) is 14.6 Å². The van der Waals surface area contributed by atoms with E-state index in [0.29, 0.717) is 12.1 Å². The number of halogens is 2. The van der Waals surface area contributed by atoms with Gasteiger partial charge in [0.15, 0.2) is 0 Å². The number of ether oxygens (including phenoxy) is 1. The number of anilines is 1. The van der Waals surface area contributed by atoms with Crippen LogP contribution in [0.3, 0.4) is 0 Å². The second-order valence-electron chi connectivity index (χ2n) is 4.55. The largest absolute Gasteiger partial charge is 0.464 e. The molecule has 0 radical (unpaired) electrons. The highest BCUT2D eigenvalue weighted by Gasteiger charge is 2.21. The number of nitrogens with zero attached hydrogens (tertiary/aromatic N) is 1. The first-order valence-corrected chi connectivity index (χ1v) is 7.79. The molecule has 0 aliphatic carbocycles. The lowest BCUT2D eigenvalue weighted by Crippen LogP contribution is -2.43. The van der Waals surface area contributed by atoms with Crippen molar-refractivity contribution in [2.24, 2.45) is 0 Å². The number of esters is 1. The van der Waals surface area contributed by atoms with Gasteiger partial charge in [0.05, 0.1) is 6.61 Å². The van der Waals surface area contributed by atoms with Gasteiger partial charge in [0, 0.05) is 5.69 Å². The fraction of sp³-hybridized carbons (Fsp3) is 0.500. The van der Waals surface area contributed by atoms with Gasteiger partial charge in [0.1, 0.15) is 16.3 Å². The predicted molar refractivity (Wildman–Crippen MR) is 86.4 cm³/mol. The summed E-state index contributed by atoms with van der Waals surface area (Å²) in [4.78, 5) is 27.6.